The lowest BCUT2D eigenvalue weighted by atomic mass is 10.1. The lowest BCUT2D eigenvalue weighted by molar-refractivity contribution is -0.133. The monoisotopic (exact) mass is 367 g/mol. The first kappa shape index (κ1) is 19.4. The molecule has 1 aliphatic rings. The molecule has 7 heteroatoms. The second-order valence-electron chi connectivity index (χ2n) is 6.27. The topological polar surface area (TPSA) is 80.8 Å². The van der Waals surface area contributed by atoms with Crippen molar-refractivity contribution in [3.05, 3.63) is 29.8 Å². The average molecular weight is 367 g/mol. The molecule has 1 heterocycles. The largest absolute Gasteiger partial charge is 0.494 e. The molecule has 1 aliphatic heterocycles. The molecule has 0 saturated carbocycles. The molecule has 0 aliphatic carbocycles. The van der Waals surface area contributed by atoms with E-state index in [1.54, 1.807) is 29.2 Å². The molecular weight excluding hydrogens is 342 g/mol. The van der Waals surface area contributed by atoms with Crippen molar-refractivity contribution in [2.75, 3.05) is 24.7 Å². The van der Waals surface area contributed by atoms with Crippen LogP contribution in [0.1, 0.15) is 43.5 Å². The van der Waals surface area contributed by atoms with Crippen LogP contribution in [0.25, 0.3) is 0 Å². The maximum Gasteiger partial charge on any atom is 0.222 e. The number of ketones is 1. The van der Waals surface area contributed by atoms with Gasteiger partial charge in [0, 0.05) is 24.6 Å². The van der Waals surface area contributed by atoms with Crippen LogP contribution < -0.4 is 4.74 Å². The second-order valence-corrected chi connectivity index (χ2v) is 8.50. The highest BCUT2D eigenvalue weighted by molar-refractivity contribution is 7.91. The van der Waals surface area contributed by atoms with E-state index in [2.05, 4.69) is 0 Å². The second kappa shape index (κ2) is 8.47. The number of hydrogen-bond donors (Lipinski definition) is 0. The molecule has 1 amide bonds. The van der Waals surface area contributed by atoms with Gasteiger partial charge in [0.25, 0.3) is 0 Å². The summed E-state index contributed by atoms with van der Waals surface area (Å²) in [6, 6.07) is 6.70. The molecule has 0 aromatic heterocycles. The lowest BCUT2D eigenvalue weighted by Crippen LogP contribution is -2.41. The van der Waals surface area contributed by atoms with Gasteiger partial charge in [0.15, 0.2) is 15.6 Å². The number of hydrogen-bond acceptors (Lipinski definition) is 5. The molecule has 0 radical (unpaired) electrons. The highest BCUT2D eigenvalue weighted by Gasteiger charge is 2.33. The van der Waals surface area contributed by atoms with E-state index in [9.17, 15) is 18.0 Å². The highest BCUT2D eigenvalue weighted by Crippen LogP contribution is 2.19. The van der Waals surface area contributed by atoms with Gasteiger partial charge in [-0.3, -0.25) is 9.59 Å². The number of benzene rings is 1. The quantitative estimate of drug-likeness (QED) is 0.519. The fourth-order valence-electron chi connectivity index (χ4n) is 3.00. The molecule has 1 fully saturated rings. The van der Waals surface area contributed by atoms with E-state index in [1.807, 2.05) is 6.92 Å². The Labute approximate surface area is 149 Å². The summed E-state index contributed by atoms with van der Waals surface area (Å²) < 4.78 is 28.8. The zero-order chi connectivity index (χ0) is 18.4. The summed E-state index contributed by atoms with van der Waals surface area (Å²) in [6.07, 6.45) is 1.42. The Morgan fingerprint density at radius 1 is 1.24 bits per heavy atom. The third-order valence-electron chi connectivity index (χ3n) is 4.37. The minimum atomic E-state index is -3.00. The van der Waals surface area contributed by atoms with Gasteiger partial charge in [-0.25, -0.2) is 8.42 Å². The van der Waals surface area contributed by atoms with Crippen molar-refractivity contribution in [3.63, 3.8) is 0 Å². The summed E-state index contributed by atoms with van der Waals surface area (Å²) in [6.45, 7) is 4.30. The van der Waals surface area contributed by atoms with E-state index in [4.69, 9.17) is 4.74 Å². The molecule has 2 rings (SSSR count). The van der Waals surface area contributed by atoms with E-state index in [0.717, 1.165) is 0 Å². The zero-order valence-corrected chi connectivity index (χ0v) is 15.5. The number of carbonyl (C=O) groups is 2. The number of carbonyl (C=O) groups excluding carboxylic acids is 2. The molecule has 0 spiro atoms. The number of ether oxygens (including phenoxy) is 1. The van der Waals surface area contributed by atoms with Gasteiger partial charge in [-0.05, 0) is 51.0 Å². The first-order valence-corrected chi connectivity index (χ1v) is 10.4. The van der Waals surface area contributed by atoms with Crippen molar-refractivity contribution in [2.45, 2.75) is 39.2 Å². The van der Waals surface area contributed by atoms with Crippen molar-refractivity contribution in [3.8, 4) is 5.75 Å². The molecule has 6 nitrogen and oxygen atoms in total. The highest BCUT2D eigenvalue weighted by atomic mass is 32.2. The van der Waals surface area contributed by atoms with Crippen LogP contribution in [0.4, 0.5) is 0 Å². The third-order valence-corrected chi connectivity index (χ3v) is 6.13. The summed E-state index contributed by atoms with van der Waals surface area (Å²) in [5.74, 6) is 0.879. The van der Waals surface area contributed by atoms with E-state index in [1.165, 1.54) is 6.92 Å². The van der Waals surface area contributed by atoms with Gasteiger partial charge in [0.1, 0.15) is 5.75 Å². The number of Topliss-reactive ketones (excluding diaryl/α,β-unsaturated/α-hetero) is 1. The number of sulfone groups is 1. The van der Waals surface area contributed by atoms with Gasteiger partial charge in [0.2, 0.25) is 5.91 Å². The van der Waals surface area contributed by atoms with Gasteiger partial charge in [-0.15, -0.1) is 0 Å². The lowest BCUT2D eigenvalue weighted by Gasteiger charge is -2.26. The van der Waals surface area contributed by atoms with Crippen LogP contribution in [0, 0.1) is 0 Å². The van der Waals surface area contributed by atoms with Crippen LogP contribution in [0.15, 0.2) is 24.3 Å². The molecule has 0 unspecified atom stereocenters. The van der Waals surface area contributed by atoms with E-state index >= 15 is 0 Å². The van der Waals surface area contributed by atoms with E-state index in [-0.39, 0.29) is 29.2 Å². The van der Waals surface area contributed by atoms with Crippen LogP contribution >= 0.6 is 0 Å². The minimum Gasteiger partial charge on any atom is -0.494 e. The van der Waals surface area contributed by atoms with Gasteiger partial charge in [-0.2, -0.15) is 0 Å². The van der Waals surface area contributed by atoms with Crippen LogP contribution in [0.2, 0.25) is 0 Å². The van der Waals surface area contributed by atoms with Crippen molar-refractivity contribution in [1.29, 1.82) is 0 Å². The van der Waals surface area contributed by atoms with Crippen LogP contribution in [0.3, 0.4) is 0 Å². The maximum absolute atomic E-state index is 12.3. The first-order chi connectivity index (χ1) is 11.8. The summed E-state index contributed by atoms with van der Waals surface area (Å²) in [5.41, 5.74) is 0.632. The van der Waals surface area contributed by atoms with Gasteiger partial charge in [-0.1, -0.05) is 0 Å². The van der Waals surface area contributed by atoms with Gasteiger partial charge in [0.05, 0.1) is 18.1 Å². The van der Waals surface area contributed by atoms with Crippen molar-refractivity contribution in [2.24, 2.45) is 0 Å². The fraction of sp³-hybridized carbons (Fsp3) is 0.556. The molecule has 1 atom stereocenters. The number of rotatable bonds is 8. The number of nitrogens with zero attached hydrogens (tertiary/aromatic N) is 1. The average Bonchev–Trinajstić information content (AvgIpc) is 2.92. The first-order valence-electron chi connectivity index (χ1n) is 8.56. The Morgan fingerprint density at radius 3 is 2.44 bits per heavy atom. The summed E-state index contributed by atoms with van der Waals surface area (Å²) in [4.78, 5) is 25.2. The van der Waals surface area contributed by atoms with Crippen LogP contribution in [-0.2, 0) is 14.6 Å². The zero-order valence-electron chi connectivity index (χ0n) is 14.7. The summed E-state index contributed by atoms with van der Waals surface area (Å²) in [5, 5.41) is 0. The third kappa shape index (κ3) is 5.56. The molecule has 138 valence electrons. The number of amides is 1. The SMILES string of the molecule is CCN(C(=O)CCCOc1ccc(C(C)=O)cc1)[C@H]1CCS(=O)(=O)C1. The molecule has 1 aromatic rings. The van der Waals surface area contributed by atoms with Crippen LogP contribution in [0.5, 0.6) is 5.75 Å². The Morgan fingerprint density at radius 2 is 1.92 bits per heavy atom. The molecule has 1 aromatic carbocycles. The van der Waals surface area contributed by atoms with Crippen molar-refractivity contribution in [1.82, 2.24) is 4.90 Å². The van der Waals surface area contributed by atoms with Crippen molar-refractivity contribution >= 4 is 21.5 Å². The fourth-order valence-corrected chi connectivity index (χ4v) is 4.73. The molecule has 0 bridgehead atoms. The molecule has 1 saturated heterocycles. The Kier molecular flexibility index (Phi) is 6.58. The maximum atomic E-state index is 12.3. The van der Waals surface area contributed by atoms with Gasteiger partial charge < -0.3 is 9.64 Å². The molecule has 0 N–H and O–H groups in total. The molecular formula is C18H25NO5S. The summed E-state index contributed by atoms with van der Waals surface area (Å²) >= 11 is 0. The normalized spacial score (nSPS) is 18.7. The van der Waals surface area contributed by atoms with E-state index in [0.29, 0.717) is 43.7 Å². The predicted octanol–water partition coefficient (Wildman–Crippen LogP) is 2.08. The van der Waals surface area contributed by atoms with Gasteiger partial charge >= 0.3 is 0 Å². The predicted molar refractivity (Wildman–Crippen MR) is 95.6 cm³/mol. The summed E-state index contributed by atoms with van der Waals surface area (Å²) in [7, 11) is -3.00. The molecule has 25 heavy (non-hydrogen) atoms. The standard InChI is InChI=1S/C18H25NO5S/c1-3-19(16-10-12-25(22,23)13-16)18(21)5-4-11-24-17-8-6-15(7-9-17)14(2)20/h6-9,16H,3-5,10-13H2,1-2H3/t16-/m0/s1. The Hall–Kier alpha value is -1.89. The smallest absolute Gasteiger partial charge is 0.222 e. The Bertz CT molecular complexity index is 711. The van der Waals surface area contributed by atoms with E-state index < -0.39 is 9.84 Å². The van der Waals surface area contributed by atoms with Crippen molar-refractivity contribution < 1.29 is 22.7 Å². The Balaban J connectivity index is 1.76. The van der Waals surface area contributed by atoms with Crippen LogP contribution in [-0.4, -0.2) is 55.7 Å². The minimum absolute atomic E-state index is 0.00531.